The van der Waals surface area contributed by atoms with Crippen molar-refractivity contribution in [3.05, 3.63) is 30.6 Å². The summed E-state index contributed by atoms with van der Waals surface area (Å²) in [5.41, 5.74) is 0. The van der Waals surface area contributed by atoms with Crippen LogP contribution in [0.1, 0.15) is 26.7 Å². The Morgan fingerprint density at radius 2 is 1.64 bits per heavy atom. The Hall–Kier alpha value is -2.44. The number of pyridine rings is 1. The lowest BCUT2D eigenvalue weighted by molar-refractivity contribution is 0.635. The summed E-state index contributed by atoms with van der Waals surface area (Å²) >= 11 is 0. The number of hydrogen-bond donors (Lipinski definition) is 0. The molecule has 0 amide bonds. The van der Waals surface area contributed by atoms with Crippen molar-refractivity contribution < 1.29 is 0 Å². The smallest absolute Gasteiger partial charge is 0.247 e. The van der Waals surface area contributed by atoms with E-state index >= 15 is 0 Å². The molecule has 2 aromatic rings. The SMILES string of the molecule is CCCN(CCC)c1nncc(N2CCN(c3ccccn3)CC2)n1. The first-order chi connectivity index (χ1) is 12.3. The van der Waals surface area contributed by atoms with Crippen LogP contribution < -0.4 is 14.7 Å². The summed E-state index contributed by atoms with van der Waals surface area (Å²) in [6.45, 7) is 9.98. The zero-order valence-electron chi connectivity index (χ0n) is 15.2. The summed E-state index contributed by atoms with van der Waals surface area (Å²) in [7, 11) is 0. The lowest BCUT2D eigenvalue weighted by Gasteiger charge is -2.36. The van der Waals surface area contributed by atoms with Crippen molar-refractivity contribution >= 4 is 17.6 Å². The van der Waals surface area contributed by atoms with E-state index in [1.165, 1.54) is 0 Å². The molecule has 0 aliphatic carbocycles. The molecule has 1 aliphatic heterocycles. The molecule has 0 N–H and O–H groups in total. The van der Waals surface area contributed by atoms with Gasteiger partial charge in [0.2, 0.25) is 5.95 Å². The first-order valence-corrected chi connectivity index (χ1v) is 9.17. The molecule has 0 radical (unpaired) electrons. The van der Waals surface area contributed by atoms with Crippen molar-refractivity contribution in [3.63, 3.8) is 0 Å². The van der Waals surface area contributed by atoms with Gasteiger partial charge in [-0.3, -0.25) is 0 Å². The topological polar surface area (TPSA) is 61.3 Å². The summed E-state index contributed by atoms with van der Waals surface area (Å²) in [5, 5.41) is 8.45. The molecule has 0 bridgehead atoms. The fourth-order valence-corrected chi connectivity index (χ4v) is 3.13. The van der Waals surface area contributed by atoms with E-state index in [1.807, 2.05) is 18.3 Å². The van der Waals surface area contributed by atoms with Crippen molar-refractivity contribution in [2.75, 3.05) is 54.0 Å². The highest BCUT2D eigenvalue weighted by Crippen LogP contribution is 2.18. The molecular formula is C18H27N7. The third-order valence-electron chi connectivity index (χ3n) is 4.38. The minimum atomic E-state index is 0.744. The van der Waals surface area contributed by atoms with Gasteiger partial charge >= 0.3 is 0 Å². The molecule has 134 valence electrons. The van der Waals surface area contributed by atoms with Crippen molar-refractivity contribution in [1.82, 2.24) is 20.2 Å². The Morgan fingerprint density at radius 3 is 2.24 bits per heavy atom. The van der Waals surface area contributed by atoms with Gasteiger partial charge in [-0.1, -0.05) is 19.9 Å². The van der Waals surface area contributed by atoms with Gasteiger partial charge in [0, 0.05) is 45.5 Å². The molecule has 1 aliphatic rings. The third-order valence-corrected chi connectivity index (χ3v) is 4.38. The van der Waals surface area contributed by atoms with E-state index in [-0.39, 0.29) is 0 Å². The molecule has 1 saturated heterocycles. The van der Waals surface area contributed by atoms with Gasteiger partial charge in [0.25, 0.3) is 0 Å². The molecule has 0 atom stereocenters. The fraction of sp³-hybridized carbons (Fsp3) is 0.556. The lowest BCUT2D eigenvalue weighted by Crippen LogP contribution is -2.47. The predicted molar refractivity (Wildman–Crippen MR) is 101 cm³/mol. The molecule has 7 nitrogen and oxygen atoms in total. The lowest BCUT2D eigenvalue weighted by atomic mass is 10.3. The van der Waals surface area contributed by atoms with Crippen LogP contribution in [-0.2, 0) is 0 Å². The van der Waals surface area contributed by atoms with Gasteiger partial charge in [-0.05, 0) is 25.0 Å². The van der Waals surface area contributed by atoms with Gasteiger partial charge in [0.15, 0.2) is 5.82 Å². The van der Waals surface area contributed by atoms with Gasteiger partial charge < -0.3 is 14.7 Å². The van der Waals surface area contributed by atoms with Crippen molar-refractivity contribution in [1.29, 1.82) is 0 Å². The first kappa shape index (κ1) is 17.4. The highest BCUT2D eigenvalue weighted by Gasteiger charge is 2.20. The number of hydrogen-bond acceptors (Lipinski definition) is 7. The maximum absolute atomic E-state index is 4.78. The number of nitrogens with zero attached hydrogens (tertiary/aromatic N) is 7. The van der Waals surface area contributed by atoms with Crippen LogP contribution >= 0.6 is 0 Å². The summed E-state index contributed by atoms with van der Waals surface area (Å²) in [6, 6.07) is 6.05. The maximum atomic E-state index is 4.78. The minimum Gasteiger partial charge on any atom is -0.353 e. The van der Waals surface area contributed by atoms with Crippen LogP contribution in [0, 0.1) is 0 Å². The highest BCUT2D eigenvalue weighted by atomic mass is 15.4. The zero-order valence-corrected chi connectivity index (χ0v) is 15.2. The summed E-state index contributed by atoms with van der Waals surface area (Å²) in [6.07, 6.45) is 5.78. The van der Waals surface area contributed by atoms with Crippen molar-refractivity contribution in [3.8, 4) is 0 Å². The number of anilines is 3. The minimum absolute atomic E-state index is 0.744. The van der Waals surface area contributed by atoms with Crippen LogP contribution in [0.5, 0.6) is 0 Å². The summed E-state index contributed by atoms with van der Waals surface area (Å²) < 4.78 is 0. The van der Waals surface area contributed by atoms with Crippen LogP contribution in [0.15, 0.2) is 30.6 Å². The van der Waals surface area contributed by atoms with E-state index in [2.05, 4.69) is 49.8 Å². The standard InChI is InChI=1S/C18H27N7/c1-3-9-25(10-4-2)18-21-17(15-20-22-18)24-13-11-23(12-14-24)16-7-5-6-8-19-16/h5-8,15H,3-4,9-14H2,1-2H3. The van der Waals surface area contributed by atoms with Crippen LogP contribution in [-0.4, -0.2) is 59.4 Å². The molecule has 0 aromatic carbocycles. The molecule has 25 heavy (non-hydrogen) atoms. The van der Waals surface area contributed by atoms with Gasteiger partial charge in [-0.15, -0.1) is 5.10 Å². The zero-order chi connectivity index (χ0) is 17.5. The number of rotatable bonds is 7. The van der Waals surface area contributed by atoms with Crippen LogP contribution in [0.4, 0.5) is 17.6 Å². The van der Waals surface area contributed by atoms with Gasteiger partial charge in [0.1, 0.15) is 5.82 Å². The van der Waals surface area contributed by atoms with Crippen LogP contribution in [0.3, 0.4) is 0 Å². The van der Waals surface area contributed by atoms with Crippen LogP contribution in [0.25, 0.3) is 0 Å². The van der Waals surface area contributed by atoms with E-state index in [1.54, 1.807) is 6.20 Å². The normalized spacial score (nSPS) is 14.6. The van der Waals surface area contributed by atoms with Crippen molar-refractivity contribution in [2.45, 2.75) is 26.7 Å². The number of aromatic nitrogens is 4. The monoisotopic (exact) mass is 341 g/mol. The highest BCUT2D eigenvalue weighted by molar-refractivity contribution is 5.45. The van der Waals surface area contributed by atoms with Gasteiger partial charge in [-0.2, -0.15) is 10.1 Å². The Balaban J connectivity index is 1.66. The number of piperazine rings is 1. The Kier molecular flexibility index (Phi) is 5.98. The predicted octanol–water partition coefficient (Wildman–Crippen LogP) is 2.22. The second-order valence-electron chi connectivity index (χ2n) is 6.26. The molecular weight excluding hydrogens is 314 g/mol. The Bertz CT molecular complexity index is 635. The quantitative estimate of drug-likeness (QED) is 0.765. The van der Waals surface area contributed by atoms with E-state index in [0.29, 0.717) is 0 Å². The molecule has 3 rings (SSSR count). The van der Waals surface area contributed by atoms with E-state index in [0.717, 1.165) is 69.7 Å². The second-order valence-corrected chi connectivity index (χ2v) is 6.26. The molecule has 0 saturated carbocycles. The molecule has 1 fully saturated rings. The van der Waals surface area contributed by atoms with Gasteiger partial charge in [0.05, 0.1) is 6.20 Å². The molecule has 0 unspecified atom stereocenters. The van der Waals surface area contributed by atoms with E-state index in [9.17, 15) is 0 Å². The summed E-state index contributed by atoms with van der Waals surface area (Å²) in [4.78, 5) is 16.0. The van der Waals surface area contributed by atoms with E-state index < -0.39 is 0 Å². The largest absolute Gasteiger partial charge is 0.353 e. The second kappa shape index (κ2) is 8.60. The average Bonchev–Trinajstić information content (AvgIpc) is 2.69. The molecule has 2 aromatic heterocycles. The van der Waals surface area contributed by atoms with Crippen molar-refractivity contribution in [2.24, 2.45) is 0 Å². The first-order valence-electron chi connectivity index (χ1n) is 9.17. The van der Waals surface area contributed by atoms with Gasteiger partial charge in [-0.25, -0.2) is 4.98 Å². The molecule has 7 heteroatoms. The molecule has 0 spiro atoms. The summed E-state index contributed by atoms with van der Waals surface area (Å²) in [5.74, 6) is 2.71. The Morgan fingerprint density at radius 1 is 0.960 bits per heavy atom. The van der Waals surface area contributed by atoms with E-state index in [4.69, 9.17) is 4.98 Å². The maximum Gasteiger partial charge on any atom is 0.247 e. The third kappa shape index (κ3) is 4.35. The van der Waals surface area contributed by atoms with Crippen LogP contribution in [0.2, 0.25) is 0 Å². The molecule has 3 heterocycles. The fourth-order valence-electron chi connectivity index (χ4n) is 3.13. The average molecular weight is 341 g/mol. The Labute approximate surface area is 149 Å².